The Balaban J connectivity index is 1.68. The molecule has 0 amide bonds. The van der Waals surface area contributed by atoms with E-state index in [4.69, 9.17) is 5.73 Å². The summed E-state index contributed by atoms with van der Waals surface area (Å²) in [4.78, 5) is 2.43. The van der Waals surface area contributed by atoms with Crippen LogP contribution in [0.3, 0.4) is 0 Å². The Kier molecular flexibility index (Phi) is 3.40. The van der Waals surface area contributed by atoms with Crippen molar-refractivity contribution in [2.75, 3.05) is 26.2 Å². The van der Waals surface area contributed by atoms with E-state index in [1.807, 2.05) is 0 Å². The smallest absolute Gasteiger partial charge is 0.0335 e. The Morgan fingerprint density at radius 2 is 2.05 bits per heavy atom. The molecule has 0 atom stereocenters. The molecular weight excluding hydrogens is 234 g/mol. The largest absolute Gasteiger partial charge is 0.384 e. The number of piperidine rings is 1. The second kappa shape index (κ2) is 5.04. The Morgan fingerprint density at radius 3 is 2.79 bits per heavy atom. The Bertz CT molecular complexity index is 425. The highest BCUT2D eigenvalue weighted by Gasteiger charge is 2.43. The molecule has 3 rings (SSSR count). The van der Waals surface area contributed by atoms with Crippen molar-refractivity contribution in [2.24, 2.45) is 11.1 Å². The van der Waals surface area contributed by atoms with E-state index < -0.39 is 0 Å². The van der Waals surface area contributed by atoms with Gasteiger partial charge in [0.1, 0.15) is 0 Å². The van der Waals surface area contributed by atoms with E-state index in [0.717, 1.165) is 26.1 Å². The SMILES string of the molecule is C=C(CCN)N1CCC2(CC1)CNC1=CCCC=C12. The van der Waals surface area contributed by atoms with Crippen LogP contribution in [0.4, 0.5) is 0 Å². The molecule has 2 saturated heterocycles. The molecule has 2 aliphatic heterocycles. The average molecular weight is 259 g/mol. The Hall–Kier alpha value is -1.22. The molecule has 0 unspecified atom stereocenters. The third-order valence-corrected chi connectivity index (χ3v) is 4.94. The van der Waals surface area contributed by atoms with Crippen molar-refractivity contribution in [1.82, 2.24) is 10.2 Å². The van der Waals surface area contributed by atoms with Crippen LogP contribution in [-0.4, -0.2) is 31.1 Å². The first-order valence-electron chi connectivity index (χ1n) is 7.53. The standard InChI is InChI=1S/C16H25N3/c1-13(6-9-17)19-10-7-16(8-11-19)12-18-15-5-3-2-4-14(15)16/h4-5,18H,1-3,6-12,17H2. The first-order valence-corrected chi connectivity index (χ1v) is 7.53. The van der Waals surface area contributed by atoms with Gasteiger partial charge in [0.2, 0.25) is 0 Å². The van der Waals surface area contributed by atoms with Crippen LogP contribution < -0.4 is 11.1 Å². The summed E-state index contributed by atoms with van der Waals surface area (Å²) in [5, 5.41) is 3.62. The van der Waals surface area contributed by atoms with Gasteiger partial charge in [-0.15, -0.1) is 0 Å². The summed E-state index contributed by atoms with van der Waals surface area (Å²) in [5.74, 6) is 0. The predicted octanol–water partition coefficient (Wildman–Crippen LogP) is 2.14. The molecule has 0 aromatic rings. The lowest BCUT2D eigenvalue weighted by molar-refractivity contribution is 0.172. The van der Waals surface area contributed by atoms with E-state index in [0.29, 0.717) is 12.0 Å². The fraction of sp³-hybridized carbons (Fsp3) is 0.625. The lowest BCUT2D eigenvalue weighted by Gasteiger charge is -2.41. The van der Waals surface area contributed by atoms with Gasteiger partial charge >= 0.3 is 0 Å². The van der Waals surface area contributed by atoms with Crippen molar-refractivity contribution in [3.05, 3.63) is 35.7 Å². The van der Waals surface area contributed by atoms with Crippen molar-refractivity contribution < 1.29 is 0 Å². The molecule has 3 heteroatoms. The molecule has 1 aliphatic carbocycles. The van der Waals surface area contributed by atoms with Crippen LogP contribution in [0.2, 0.25) is 0 Å². The van der Waals surface area contributed by atoms with Gasteiger partial charge in [0, 0.05) is 36.4 Å². The molecule has 0 radical (unpaired) electrons. The Labute approximate surface area is 116 Å². The Morgan fingerprint density at radius 1 is 1.32 bits per heavy atom. The van der Waals surface area contributed by atoms with Gasteiger partial charge in [0.15, 0.2) is 0 Å². The van der Waals surface area contributed by atoms with Crippen molar-refractivity contribution >= 4 is 0 Å². The van der Waals surface area contributed by atoms with Crippen LogP contribution in [0.1, 0.15) is 32.1 Å². The molecule has 0 saturated carbocycles. The van der Waals surface area contributed by atoms with Gasteiger partial charge in [-0.1, -0.05) is 18.7 Å². The van der Waals surface area contributed by atoms with Gasteiger partial charge in [-0.2, -0.15) is 0 Å². The monoisotopic (exact) mass is 259 g/mol. The lowest BCUT2D eigenvalue weighted by Crippen LogP contribution is -2.41. The number of nitrogens with two attached hydrogens (primary N) is 1. The van der Waals surface area contributed by atoms with E-state index in [1.165, 1.54) is 37.1 Å². The minimum Gasteiger partial charge on any atom is -0.384 e. The fourth-order valence-corrected chi connectivity index (χ4v) is 3.73. The molecule has 1 spiro atoms. The number of hydrogen-bond acceptors (Lipinski definition) is 3. The molecule has 3 N–H and O–H groups in total. The highest BCUT2D eigenvalue weighted by atomic mass is 15.1. The van der Waals surface area contributed by atoms with Crippen molar-refractivity contribution in [1.29, 1.82) is 0 Å². The summed E-state index contributed by atoms with van der Waals surface area (Å²) in [6.07, 6.45) is 10.7. The highest BCUT2D eigenvalue weighted by molar-refractivity contribution is 5.43. The fourth-order valence-electron chi connectivity index (χ4n) is 3.73. The predicted molar refractivity (Wildman–Crippen MR) is 79.5 cm³/mol. The summed E-state index contributed by atoms with van der Waals surface area (Å²) in [5.41, 5.74) is 10.3. The maximum absolute atomic E-state index is 5.63. The third kappa shape index (κ3) is 2.20. The number of fused-ring (bicyclic) bond motifs is 2. The average Bonchev–Trinajstić information content (AvgIpc) is 2.80. The van der Waals surface area contributed by atoms with E-state index in [9.17, 15) is 0 Å². The zero-order valence-corrected chi connectivity index (χ0v) is 11.8. The van der Waals surface area contributed by atoms with Crippen LogP contribution in [-0.2, 0) is 0 Å². The number of hydrogen-bond donors (Lipinski definition) is 2. The van der Waals surface area contributed by atoms with Gasteiger partial charge in [0.25, 0.3) is 0 Å². The number of allylic oxidation sites excluding steroid dienone is 3. The molecule has 2 heterocycles. The van der Waals surface area contributed by atoms with E-state index in [1.54, 1.807) is 5.57 Å². The molecule has 3 aliphatic rings. The lowest BCUT2D eigenvalue weighted by atomic mass is 9.72. The van der Waals surface area contributed by atoms with E-state index >= 15 is 0 Å². The normalized spacial score (nSPS) is 24.6. The number of nitrogens with one attached hydrogen (secondary N) is 1. The molecule has 0 bridgehead atoms. The zero-order valence-electron chi connectivity index (χ0n) is 11.8. The first-order chi connectivity index (χ1) is 9.25. The molecule has 0 aromatic heterocycles. The molecule has 19 heavy (non-hydrogen) atoms. The van der Waals surface area contributed by atoms with Crippen LogP contribution in [0.5, 0.6) is 0 Å². The van der Waals surface area contributed by atoms with Gasteiger partial charge in [-0.3, -0.25) is 0 Å². The maximum atomic E-state index is 5.63. The van der Waals surface area contributed by atoms with Crippen LogP contribution >= 0.6 is 0 Å². The third-order valence-electron chi connectivity index (χ3n) is 4.94. The number of nitrogens with zero attached hydrogens (tertiary/aromatic N) is 1. The molecular formula is C16H25N3. The first kappa shape index (κ1) is 12.8. The summed E-state index contributed by atoms with van der Waals surface area (Å²) < 4.78 is 0. The van der Waals surface area contributed by atoms with Crippen molar-refractivity contribution in [2.45, 2.75) is 32.1 Å². The minimum absolute atomic E-state index is 0.395. The van der Waals surface area contributed by atoms with Crippen LogP contribution in [0, 0.1) is 5.41 Å². The van der Waals surface area contributed by atoms with Gasteiger partial charge in [0.05, 0.1) is 0 Å². The van der Waals surface area contributed by atoms with Crippen LogP contribution in [0.25, 0.3) is 0 Å². The summed E-state index contributed by atoms with van der Waals surface area (Å²) in [6, 6.07) is 0. The second-order valence-corrected chi connectivity index (χ2v) is 6.04. The van der Waals surface area contributed by atoms with Gasteiger partial charge < -0.3 is 16.0 Å². The van der Waals surface area contributed by atoms with Gasteiger partial charge in [-0.25, -0.2) is 0 Å². The van der Waals surface area contributed by atoms with E-state index in [-0.39, 0.29) is 0 Å². The second-order valence-electron chi connectivity index (χ2n) is 6.04. The summed E-state index contributed by atoms with van der Waals surface area (Å²) in [7, 11) is 0. The van der Waals surface area contributed by atoms with Crippen LogP contribution in [0.15, 0.2) is 35.7 Å². The molecule has 0 aromatic carbocycles. The van der Waals surface area contributed by atoms with Gasteiger partial charge in [-0.05, 0) is 44.2 Å². The highest BCUT2D eigenvalue weighted by Crippen LogP contribution is 2.47. The van der Waals surface area contributed by atoms with E-state index in [2.05, 4.69) is 28.9 Å². The molecule has 2 fully saturated rings. The number of likely N-dealkylation sites (tertiary alicyclic amines) is 1. The number of rotatable bonds is 3. The maximum Gasteiger partial charge on any atom is 0.0335 e. The topological polar surface area (TPSA) is 41.3 Å². The minimum atomic E-state index is 0.395. The molecule has 104 valence electrons. The summed E-state index contributed by atoms with van der Waals surface area (Å²) >= 11 is 0. The van der Waals surface area contributed by atoms with Crippen molar-refractivity contribution in [3.8, 4) is 0 Å². The molecule has 3 nitrogen and oxygen atoms in total. The summed E-state index contributed by atoms with van der Waals surface area (Å²) in [6.45, 7) is 8.26. The van der Waals surface area contributed by atoms with Crippen molar-refractivity contribution in [3.63, 3.8) is 0 Å². The quantitative estimate of drug-likeness (QED) is 0.816. The zero-order chi connectivity index (χ0) is 13.3.